The first kappa shape index (κ1) is 21.5. The molecule has 0 fully saturated rings. The molecule has 0 aliphatic carbocycles. The summed E-state index contributed by atoms with van der Waals surface area (Å²) in [5, 5.41) is 10.1. The number of halogens is 1. The van der Waals surface area contributed by atoms with Gasteiger partial charge in [0.05, 0.1) is 16.1 Å². The summed E-state index contributed by atoms with van der Waals surface area (Å²) in [6.07, 6.45) is 1.37. The first-order valence-corrected chi connectivity index (χ1v) is 10.6. The van der Waals surface area contributed by atoms with Crippen LogP contribution in [-0.4, -0.2) is 25.2 Å². The first-order valence-electron chi connectivity index (χ1n) is 8.79. The molecule has 9 heteroatoms. The number of carbonyl (C=O) groups is 2. The average molecular weight is 446 g/mol. The van der Waals surface area contributed by atoms with Gasteiger partial charge in [-0.05, 0) is 43.3 Å². The maximum Gasteiger partial charge on any atom is 0.261 e. The molecule has 1 heterocycles. The average Bonchev–Trinajstić information content (AvgIpc) is 2.71. The lowest BCUT2D eigenvalue weighted by Gasteiger charge is -2.13. The minimum Gasteiger partial charge on any atom is -0.295 e. The number of hydrogen-bond donors (Lipinski definition) is 2. The maximum atomic E-state index is 13.1. The fourth-order valence-electron chi connectivity index (χ4n) is 2.83. The number of anilines is 1. The molecule has 30 heavy (non-hydrogen) atoms. The second-order valence-corrected chi connectivity index (χ2v) is 8.68. The van der Waals surface area contributed by atoms with Crippen LogP contribution in [0, 0.1) is 6.92 Å². The standard InChI is InChI=1S/C21H17ClN2O5S/c1-13-18(4-3-11-24(13)27)21(26)19-12-16(22)7-10-20(19)23-30(28,29)17-8-5-15(6-9-17)14(2)25/h3-12H,1-2H3,(H-,23,26,27)/p+1. The number of aromatic nitrogens is 1. The topological polar surface area (TPSA) is 104 Å². The van der Waals surface area contributed by atoms with Crippen LogP contribution >= 0.6 is 11.6 Å². The zero-order chi connectivity index (χ0) is 22.1. The highest BCUT2D eigenvalue weighted by Gasteiger charge is 2.24. The molecule has 0 spiro atoms. The Balaban J connectivity index is 2.02. The lowest BCUT2D eigenvalue weighted by atomic mass is 10.0. The Morgan fingerprint density at radius 3 is 2.33 bits per heavy atom. The van der Waals surface area contributed by atoms with Gasteiger partial charge in [-0.25, -0.2) is 8.42 Å². The molecule has 0 radical (unpaired) electrons. The predicted molar refractivity (Wildman–Crippen MR) is 111 cm³/mol. The lowest BCUT2D eigenvalue weighted by Crippen LogP contribution is -2.35. The minimum absolute atomic E-state index is 0.0285. The van der Waals surface area contributed by atoms with E-state index in [2.05, 4.69) is 4.72 Å². The van der Waals surface area contributed by atoms with Crippen molar-refractivity contribution in [1.82, 2.24) is 0 Å². The van der Waals surface area contributed by atoms with Crippen LogP contribution in [0.1, 0.15) is 38.9 Å². The number of pyridine rings is 1. The SMILES string of the molecule is CC(=O)c1ccc(S(=O)(=O)Nc2ccc(Cl)cc2C(=O)c2ccc[n+](O)c2C)cc1. The summed E-state index contributed by atoms with van der Waals surface area (Å²) in [5.74, 6) is -0.695. The molecule has 0 aliphatic heterocycles. The molecule has 3 rings (SSSR count). The summed E-state index contributed by atoms with van der Waals surface area (Å²) in [4.78, 5) is 24.4. The van der Waals surface area contributed by atoms with Crippen LogP contribution in [0.2, 0.25) is 5.02 Å². The van der Waals surface area contributed by atoms with Crippen molar-refractivity contribution in [2.75, 3.05) is 4.72 Å². The van der Waals surface area contributed by atoms with Crippen molar-refractivity contribution >= 4 is 38.9 Å². The number of nitrogens with one attached hydrogen (secondary N) is 1. The molecule has 3 aromatic rings. The molecule has 0 amide bonds. The third-order valence-corrected chi connectivity index (χ3v) is 6.13. The van der Waals surface area contributed by atoms with E-state index in [4.69, 9.17) is 11.6 Å². The van der Waals surface area contributed by atoms with Crippen LogP contribution in [-0.2, 0) is 10.0 Å². The number of Topliss-reactive ketones (excluding diaryl/α,β-unsaturated/α-hetero) is 1. The molecule has 0 bridgehead atoms. The predicted octanol–water partition coefficient (Wildman–Crippen LogP) is 3.41. The fraction of sp³-hybridized carbons (Fsp3) is 0.0952. The third-order valence-electron chi connectivity index (χ3n) is 4.51. The third kappa shape index (κ3) is 4.34. The summed E-state index contributed by atoms with van der Waals surface area (Å²) < 4.78 is 28.8. The smallest absolute Gasteiger partial charge is 0.261 e. The van der Waals surface area contributed by atoms with Crippen molar-refractivity contribution in [3.63, 3.8) is 0 Å². The van der Waals surface area contributed by atoms with Gasteiger partial charge < -0.3 is 0 Å². The van der Waals surface area contributed by atoms with Gasteiger partial charge in [0.2, 0.25) is 17.7 Å². The number of carbonyl (C=O) groups excluding carboxylic acids is 2. The van der Waals surface area contributed by atoms with E-state index >= 15 is 0 Å². The second kappa shape index (κ2) is 8.25. The summed E-state index contributed by atoms with van der Waals surface area (Å²) in [6.45, 7) is 2.94. The van der Waals surface area contributed by atoms with Crippen LogP contribution in [0.3, 0.4) is 0 Å². The Labute approximate surface area is 178 Å². The summed E-state index contributed by atoms with van der Waals surface area (Å²) in [6, 6.07) is 12.7. The van der Waals surface area contributed by atoms with Crippen LogP contribution < -0.4 is 9.45 Å². The van der Waals surface area contributed by atoms with Crippen LogP contribution in [0.15, 0.2) is 65.7 Å². The first-order chi connectivity index (χ1) is 14.1. The van der Waals surface area contributed by atoms with E-state index in [9.17, 15) is 23.2 Å². The Morgan fingerprint density at radius 2 is 1.70 bits per heavy atom. The Kier molecular flexibility index (Phi) is 5.91. The molecule has 0 aliphatic rings. The van der Waals surface area contributed by atoms with E-state index in [0.717, 1.165) is 4.73 Å². The Hall–Kier alpha value is -3.23. The number of benzene rings is 2. The van der Waals surface area contributed by atoms with Gasteiger partial charge in [-0.1, -0.05) is 23.7 Å². The van der Waals surface area contributed by atoms with E-state index < -0.39 is 15.8 Å². The van der Waals surface area contributed by atoms with Crippen molar-refractivity contribution in [2.45, 2.75) is 18.7 Å². The highest BCUT2D eigenvalue weighted by Crippen LogP contribution is 2.26. The number of ketones is 2. The van der Waals surface area contributed by atoms with Gasteiger partial charge in [-0.2, -0.15) is 0 Å². The number of sulfonamides is 1. The molecule has 1 aromatic heterocycles. The molecule has 0 unspecified atom stereocenters. The van der Waals surface area contributed by atoms with Crippen LogP contribution in [0.25, 0.3) is 0 Å². The van der Waals surface area contributed by atoms with E-state index in [1.165, 1.54) is 67.7 Å². The molecule has 0 saturated heterocycles. The minimum atomic E-state index is -4.04. The van der Waals surface area contributed by atoms with Gasteiger partial charge in [0, 0.05) is 33.9 Å². The van der Waals surface area contributed by atoms with Gasteiger partial charge in [-0.3, -0.25) is 19.5 Å². The molecular weight excluding hydrogens is 428 g/mol. The molecule has 0 atom stereocenters. The normalized spacial score (nSPS) is 11.2. The molecule has 0 saturated carbocycles. The van der Waals surface area contributed by atoms with E-state index in [-0.39, 0.29) is 38.2 Å². The van der Waals surface area contributed by atoms with Gasteiger partial charge in [0.25, 0.3) is 10.0 Å². The van der Waals surface area contributed by atoms with Crippen molar-refractivity contribution < 1.29 is 27.9 Å². The van der Waals surface area contributed by atoms with E-state index in [1.807, 2.05) is 0 Å². The highest BCUT2D eigenvalue weighted by molar-refractivity contribution is 7.92. The van der Waals surface area contributed by atoms with Crippen molar-refractivity contribution in [1.29, 1.82) is 0 Å². The molecule has 7 nitrogen and oxygen atoms in total. The van der Waals surface area contributed by atoms with Crippen LogP contribution in [0.4, 0.5) is 5.69 Å². The maximum absolute atomic E-state index is 13.1. The van der Waals surface area contributed by atoms with E-state index in [0.29, 0.717) is 5.56 Å². The van der Waals surface area contributed by atoms with Crippen LogP contribution in [0.5, 0.6) is 0 Å². The van der Waals surface area contributed by atoms with Crippen molar-refractivity contribution in [3.05, 3.63) is 88.2 Å². The lowest BCUT2D eigenvalue weighted by molar-refractivity contribution is -0.908. The zero-order valence-corrected chi connectivity index (χ0v) is 17.7. The second-order valence-electron chi connectivity index (χ2n) is 6.56. The molecule has 2 N–H and O–H groups in total. The number of rotatable bonds is 6. The summed E-state index contributed by atoms with van der Waals surface area (Å²) in [7, 11) is -4.04. The summed E-state index contributed by atoms with van der Waals surface area (Å²) in [5.41, 5.74) is 0.923. The zero-order valence-electron chi connectivity index (χ0n) is 16.1. The Morgan fingerprint density at radius 1 is 1.03 bits per heavy atom. The summed E-state index contributed by atoms with van der Waals surface area (Å²) >= 11 is 6.04. The van der Waals surface area contributed by atoms with Gasteiger partial charge in [-0.15, -0.1) is 0 Å². The van der Waals surface area contributed by atoms with Crippen molar-refractivity contribution in [2.24, 2.45) is 0 Å². The highest BCUT2D eigenvalue weighted by atomic mass is 35.5. The largest absolute Gasteiger partial charge is 0.295 e. The Bertz CT molecular complexity index is 1250. The van der Waals surface area contributed by atoms with Gasteiger partial charge in [0.1, 0.15) is 0 Å². The molecule has 2 aromatic carbocycles. The number of hydrogen-bond acceptors (Lipinski definition) is 5. The monoisotopic (exact) mass is 445 g/mol. The van der Waals surface area contributed by atoms with Gasteiger partial charge >= 0.3 is 0 Å². The van der Waals surface area contributed by atoms with E-state index in [1.54, 1.807) is 6.92 Å². The fourth-order valence-corrected chi connectivity index (χ4v) is 4.08. The number of nitrogens with zero attached hydrogens (tertiary/aromatic N) is 1. The van der Waals surface area contributed by atoms with Gasteiger partial charge in [0.15, 0.2) is 5.78 Å². The quantitative estimate of drug-likeness (QED) is 0.343. The van der Waals surface area contributed by atoms with Crippen molar-refractivity contribution in [3.8, 4) is 0 Å². The molecule has 154 valence electrons. The molecular formula is C21H18ClN2O5S+.